The van der Waals surface area contributed by atoms with Crippen LogP contribution in [0.2, 0.25) is 25.7 Å². The van der Waals surface area contributed by atoms with Gasteiger partial charge in [-0.1, -0.05) is 19.6 Å². The van der Waals surface area contributed by atoms with Crippen LogP contribution in [0.25, 0.3) is 22.3 Å². The SMILES string of the molecule is Cc1c(C(=O)NC2CCN(C(=O)O)CC2O)c2ncnc(-c3cc(F)ccc3OCC3CC3)c2n1COCC[Si](C)(C)C. The summed E-state index contributed by atoms with van der Waals surface area (Å²) in [6, 6.07) is 4.66. The number of hydrogen-bond acceptors (Lipinski definition) is 7. The van der Waals surface area contributed by atoms with E-state index in [-0.39, 0.29) is 31.8 Å². The van der Waals surface area contributed by atoms with Crippen molar-refractivity contribution in [3.63, 3.8) is 0 Å². The number of β-amino-alcohol motifs (C(OH)–C–C–N with tert-alkyl or cyclic N) is 1. The molecule has 232 valence electrons. The maximum absolute atomic E-state index is 14.6. The molecule has 2 atom stereocenters. The van der Waals surface area contributed by atoms with E-state index in [1.54, 1.807) is 13.0 Å². The highest BCUT2D eigenvalue weighted by Crippen LogP contribution is 2.38. The minimum atomic E-state index is -1.35. The minimum Gasteiger partial charge on any atom is -0.493 e. The summed E-state index contributed by atoms with van der Waals surface area (Å²) in [6.45, 7) is 9.90. The number of rotatable bonds is 11. The molecule has 11 nitrogen and oxygen atoms in total. The quantitative estimate of drug-likeness (QED) is 0.212. The van der Waals surface area contributed by atoms with Crippen molar-refractivity contribution in [2.75, 3.05) is 26.3 Å². The van der Waals surface area contributed by atoms with Crippen molar-refractivity contribution >= 4 is 31.1 Å². The molecule has 5 rings (SSSR count). The summed E-state index contributed by atoms with van der Waals surface area (Å²) >= 11 is 0. The topological polar surface area (TPSA) is 139 Å². The summed E-state index contributed by atoms with van der Waals surface area (Å²) in [4.78, 5) is 35.3. The highest BCUT2D eigenvalue weighted by atomic mass is 28.3. The van der Waals surface area contributed by atoms with E-state index in [0.717, 1.165) is 23.8 Å². The Kier molecular flexibility index (Phi) is 9.04. The highest BCUT2D eigenvalue weighted by Gasteiger charge is 2.33. The number of ether oxygens (including phenoxy) is 2. The van der Waals surface area contributed by atoms with Gasteiger partial charge in [0.15, 0.2) is 0 Å². The molecule has 1 saturated heterocycles. The van der Waals surface area contributed by atoms with Gasteiger partial charge in [-0.25, -0.2) is 19.2 Å². The zero-order valence-corrected chi connectivity index (χ0v) is 26.1. The molecule has 1 aliphatic heterocycles. The van der Waals surface area contributed by atoms with E-state index in [2.05, 4.69) is 34.9 Å². The van der Waals surface area contributed by atoms with Crippen LogP contribution >= 0.6 is 0 Å². The first-order valence-electron chi connectivity index (χ1n) is 14.7. The van der Waals surface area contributed by atoms with Gasteiger partial charge in [-0.15, -0.1) is 0 Å². The van der Waals surface area contributed by atoms with Crippen molar-refractivity contribution in [1.82, 2.24) is 24.8 Å². The lowest BCUT2D eigenvalue weighted by Crippen LogP contribution is -2.55. The Morgan fingerprint density at radius 1 is 1.19 bits per heavy atom. The van der Waals surface area contributed by atoms with Crippen LogP contribution in [0.3, 0.4) is 0 Å². The summed E-state index contributed by atoms with van der Waals surface area (Å²) in [5, 5.41) is 22.8. The van der Waals surface area contributed by atoms with Crippen LogP contribution in [-0.4, -0.2) is 88.2 Å². The molecule has 2 fully saturated rings. The lowest BCUT2D eigenvalue weighted by molar-refractivity contribution is 0.0391. The van der Waals surface area contributed by atoms with Gasteiger partial charge in [0.05, 0.1) is 36.4 Å². The number of nitrogens with zero attached hydrogens (tertiary/aromatic N) is 4. The van der Waals surface area contributed by atoms with Crippen LogP contribution in [0.15, 0.2) is 24.5 Å². The van der Waals surface area contributed by atoms with Crippen molar-refractivity contribution in [3.8, 4) is 17.0 Å². The van der Waals surface area contributed by atoms with Gasteiger partial charge >= 0.3 is 6.09 Å². The molecule has 2 amide bonds. The number of fused-ring (bicyclic) bond motifs is 1. The Morgan fingerprint density at radius 3 is 2.63 bits per heavy atom. The first-order chi connectivity index (χ1) is 20.4. The van der Waals surface area contributed by atoms with E-state index in [1.165, 1.54) is 18.5 Å². The third-order valence-corrected chi connectivity index (χ3v) is 9.78. The van der Waals surface area contributed by atoms with Crippen LogP contribution in [0, 0.1) is 18.7 Å². The number of amides is 2. The number of carbonyl (C=O) groups excluding carboxylic acids is 1. The smallest absolute Gasteiger partial charge is 0.407 e. The number of carboxylic acid groups (broad SMARTS) is 1. The second kappa shape index (κ2) is 12.6. The maximum Gasteiger partial charge on any atom is 0.407 e. The lowest BCUT2D eigenvalue weighted by Gasteiger charge is -2.34. The molecule has 3 N–H and O–H groups in total. The largest absolute Gasteiger partial charge is 0.493 e. The van der Waals surface area contributed by atoms with Crippen LogP contribution in [0.5, 0.6) is 5.75 Å². The molecule has 43 heavy (non-hydrogen) atoms. The van der Waals surface area contributed by atoms with E-state index in [0.29, 0.717) is 52.9 Å². The number of carbonyl (C=O) groups is 2. The number of benzene rings is 1. The molecule has 3 heterocycles. The number of likely N-dealkylation sites (tertiary alicyclic amines) is 1. The van der Waals surface area contributed by atoms with Crippen molar-refractivity contribution in [2.24, 2.45) is 5.92 Å². The standard InChI is InChI=1S/C30H40FN5O6Si/c1-18-25(29(38)34-22-9-10-35(30(39)40)14-23(22)37)27-28(36(18)17-41-11-12-43(2,3)4)26(32-16-33-27)21-13-20(31)7-8-24(21)42-15-19-5-6-19/h7-8,13,16,19,22-23,37H,5-6,9-12,14-15,17H2,1-4H3,(H,34,38)(H,39,40). The Morgan fingerprint density at radius 2 is 1.95 bits per heavy atom. The number of aromatic nitrogens is 3. The zero-order valence-electron chi connectivity index (χ0n) is 25.1. The molecule has 1 saturated carbocycles. The van der Waals surface area contributed by atoms with Gasteiger partial charge in [0.1, 0.15) is 35.8 Å². The van der Waals surface area contributed by atoms with Crippen LogP contribution in [-0.2, 0) is 11.5 Å². The summed E-state index contributed by atoms with van der Waals surface area (Å²) < 4.78 is 28.7. The number of aliphatic hydroxyl groups is 1. The molecule has 2 aliphatic rings. The van der Waals surface area contributed by atoms with E-state index < -0.39 is 38.0 Å². The Balaban J connectivity index is 1.53. The number of halogens is 1. The third kappa shape index (κ3) is 7.16. The van der Waals surface area contributed by atoms with Crippen molar-refractivity contribution in [1.29, 1.82) is 0 Å². The van der Waals surface area contributed by atoms with E-state index >= 15 is 0 Å². The molecular weight excluding hydrogens is 573 g/mol. The maximum atomic E-state index is 14.6. The fourth-order valence-electron chi connectivity index (χ4n) is 5.28. The molecule has 2 unspecified atom stereocenters. The first-order valence-corrected chi connectivity index (χ1v) is 18.4. The first kappa shape index (κ1) is 30.9. The van der Waals surface area contributed by atoms with Crippen molar-refractivity contribution in [3.05, 3.63) is 41.6 Å². The van der Waals surface area contributed by atoms with Crippen molar-refractivity contribution < 1.29 is 33.7 Å². The summed E-state index contributed by atoms with van der Waals surface area (Å²) in [5.41, 5.74) is 2.62. The summed E-state index contributed by atoms with van der Waals surface area (Å²) in [5.74, 6) is 0.0894. The van der Waals surface area contributed by atoms with Crippen molar-refractivity contribution in [2.45, 2.75) is 70.7 Å². The Bertz CT molecular complexity index is 1500. The van der Waals surface area contributed by atoms with Gasteiger partial charge in [-0.05, 0) is 56.3 Å². The molecular formula is C30H40FN5O6Si. The lowest BCUT2D eigenvalue weighted by atomic mass is 10.0. The van der Waals surface area contributed by atoms with Gasteiger partial charge < -0.3 is 34.5 Å². The van der Waals surface area contributed by atoms with Gasteiger partial charge in [0.2, 0.25) is 0 Å². The number of nitrogens with one attached hydrogen (secondary N) is 1. The van der Waals surface area contributed by atoms with Crippen LogP contribution < -0.4 is 10.1 Å². The fourth-order valence-corrected chi connectivity index (χ4v) is 6.03. The average Bonchev–Trinajstić information content (AvgIpc) is 3.73. The van der Waals surface area contributed by atoms with Gasteiger partial charge in [-0.3, -0.25) is 4.79 Å². The van der Waals surface area contributed by atoms with Gasteiger partial charge in [-0.2, -0.15) is 0 Å². The second-order valence-electron chi connectivity index (χ2n) is 12.7. The van der Waals surface area contributed by atoms with Gasteiger partial charge in [0, 0.05) is 32.5 Å². The zero-order chi connectivity index (χ0) is 30.9. The fraction of sp³-hybridized carbons (Fsp3) is 0.533. The molecule has 0 radical (unpaired) electrons. The number of hydrogen-bond donors (Lipinski definition) is 3. The predicted molar refractivity (Wildman–Crippen MR) is 161 cm³/mol. The minimum absolute atomic E-state index is 0.0958. The van der Waals surface area contributed by atoms with E-state index in [4.69, 9.17) is 9.47 Å². The van der Waals surface area contributed by atoms with Crippen LogP contribution in [0.1, 0.15) is 35.3 Å². The van der Waals surface area contributed by atoms with Gasteiger partial charge in [0.25, 0.3) is 5.91 Å². The predicted octanol–water partition coefficient (Wildman–Crippen LogP) is 4.49. The molecule has 1 aliphatic carbocycles. The molecule has 1 aromatic carbocycles. The Hall–Kier alpha value is -3.55. The molecule has 2 aromatic heterocycles. The summed E-state index contributed by atoms with van der Waals surface area (Å²) in [7, 11) is -1.35. The molecule has 0 spiro atoms. The number of aliphatic hydroxyl groups excluding tert-OH is 1. The average molecular weight is 614 g/mol. The van der Waals surface area contributed by atoms with Crippen LogP contribution in [0.4, 0.5) is 9.18 Å². The summed E-state index contributed by atoms with van der Waals surface area (Å²) in [6.07, 6.45) is 1.65. The highest BCUT2D eigenvalue weighted by molar-refractivity contribution is 6.76. The molecule has 3 aromatic rings. The normalized spacial score (nSPS) is 19.1. The third-order valence-electron chi connectivity index (χ3n) is 8.08. The molecule has 0 bridgehead atoms. The molecule has 13 heteroatoms. The Labute approximate surface area is 251 Å². The van der Waals surface area contributed by atoms with E-state index in [1.807, 2.05) is 4.57 Å². The monoisotopic (exact) mass is 613 g/mol. The number of piperidine rings is 1. The second-order valence-corrected chi connectivity index (χ2v) is 18.3. The van der Waals surface area contributed by atoms with E-state index in [9.17, 15) is 24.2 Å².